The SMILES string of the molecule is CCc1cc(Nc2nccn3c(I)cnc23)ccc1C(=O)NCC1CCN(CC2CN(C(=O)OC(C)(C)C)C2)CC1. The van der Waals surface area contributed by atoms with Gasteiger partial charge >= 0.3 is 6.09 Å². The normalized spacial score (nSPS) is 17.0. The van der Waals surface area contributed by atoms with Gasteiger partial charge in [-0.25, -0.2) is 14.8 Å². The fourth-order valence-corrected chi connectivity index (χ4v) is 6.06. The molecule has 2 amide bonds. The lowest BCUT2D eigenvalue weighted by Crippen LogP contribution is -2.55. The van der Waals surface area contributed by atoms with Crippen molar-refractivity contribution in [3.05, 3.63) is 51.6 Å². The van der Waals surface area contributed by atoms with Crippen molar-refractivity contribution in [2.24, 2.45) is 11.8 Å². The third-order valence-electron chi connectivity index (χ3n) is 7.76. The Morgan fingerprint density at radius 2 is 1.88 bits per heavy atom. The van der Waals surface area contributed by atoms with E-state index in [2.05, 4.69) is 55.0 Å². The molecule has 2 saturated heterocycles. The van der Waals surface area contributed by atoms with Crippen LogP contribution in [-0.2, 0) is 11.2 Å². The molecule has 3 aromatic rings. The highest BCUT2D eigenvalue weighted by Gasteiger charge is 2.35. The summed E-state index contributed by atoms with van der Waals surface area (Å²) >= 11 is 2.24. The second-order valence-corrected chi connectivity index (χ2v) is 13.2. The van der Waals surface area contributed by atoms with Crippen LogP contribution in [0.5, 0.6) is 0 Å². The number of benzene rings is 1. The zero-order chi connectivity index (χ0) is 29.1. The maximum absolute atomic E-state index is 13.1. The van der Waals surface area contributed by atoms with Crippen molar-refractivity contribution < 1.29 is 14.3 Å². The first-order valence-corrected chi connectivity index (χ1v) is 15.5. The lowest BCUT2D eigenvalue weighted by Gasteiger charge is -2.43. The fourth-order valence-electron chi connectivity index (χ4n) is 5.53. The molecule has 1 aromatic carbocycles. The minimum atomic E-state index is -0.453. The zero-order valence-electron chi connectivity index (χ0n) is 24.3. The zero-order valence-corrected chi connectivity index (χ0v) is 26.5. The summed E-state index contributed by atoms with van der Waals surface area (Å²) in [5, 5.41) is 6.56. The van der Waals surface area contributed by atoms with E-state index in [1.165, 1.54) is 0 Å². The predicted molar refractivity (Wildman–Crippen MR) is 168 cm³/mol. The molecule has 2 aliphatic heterocycles. The molecule has 0 unspecified atom stereocenters. The fraction of sp³-hybridized carbons (Fsp3) is 0.533. The standard InChI is InChI=1S/C30H40IN7O3/c1-5-22-14-23(35-26-27-33-16-25(31)38(27)13-10-32-26)6-7-24(22)28(39)34-15-20-8-11-36(12-9-20)17-21-18-37(19-21)29(40)41-30(2,3)4/h6-7,10,13-14,16,20-21H,5,8-9,11-12,15,17-19H2,1-4H3,(H,32,35)(H,34,39). The van der Waals surface area contributed by atoms with Crippen LogP contribution in [0, 0.1) is 15.5 Å². The Morgan fingerprint density at radius 3 is 2.59 bits per heavy atom. The van der Waals surface area contributed by atoms with Gasteiger partial charge in [0, 0.05) is 55.7 Å². The van der Waals surface area contributed by atoms with Gasteiger partial charge in [-0.15, -0.1) is 0 Å². The molecule has 0 radical (unpaired) electrons. The molecular formula is C30H40IN7O3. The van der Waals surface area contributed by atoms with Crippen LogP contribution in [-0.4, -0.2) is 81.0 Å². The smallest absolute Gasteiger partial charge is 0.410 e. The maximum atomic E-state index is 13.1. The summed E-state index contributed by atoms with van der Waals surface area (Å²) in [5.74, 6) is 1.65. The molecule has 10 nitrogen and oxygen atoms in total. The number of piperidine rings is 1. The number of rotatable bonds is 8. The van der Waals surface area contributed by atoms with Gasteiger partial charge in [-0.1, -0.05) is 6.92 Å². The van der Waals surface area contributed by atoms with E-state index >= 15 is 0 Å². The van der Waals surface area contributed by atoms with Gasteiger partial charge < -0.3 is 25.2 Å². The summed E-state index contributed by atoms with van der Waals surface area (Å²) in [7, 11) is 0. The number of halogens is 1. The molecule has 0 aliphatic carbocycles. The van der Waals surface area contributed by atoms with Crippen LogP contribution in [0.4, 0.5) is 16.3 Å². The van der Waals surface area contributed by atoms with Gasteiger partial charge in [-0.3, -0.25) is 9.20 Å². The van der Waals surface area contributed by atoms with E-state index < -0.39 is 5.60 Å². The minimum absolute atomic E-state index is 0.0180. The first-order chi connectivity index (χ1) is 19.6. The van der Waals surface area contributed by atoms with Crippen molar-refractivity contribution >= 4 is 51.7 Å². The molecule has 5 rings (SSSR count). The quantitative estimate of drug-likeness (QED) is 0.327. The molecule has 0 spiro atoms. The minimum Gasteiger partial charge on any atom is -0.444 e. The first kappa shape index (κ1) is 29.6. The first-order valence-electron chi connectivity index (χ1n) is 14.5. The average Bonchev–Trinajstić information content (AvgIpc) is 3.30. The van der Waals surface area contributed by atoms with E-state index in [0.29, 0.717) is 24.2 Å². The molecule has 2 N–H and O–H groups in total. The van der Waals surface area contributed by atoms with E-state index in [1.807, 2.05) is 55.8 Å². The number of aromatic nitrogens is 3. The molecule has 2 aliphatic rings. The monoisotopic (exact) mass is 673 g/mol. The van der Waals surface area contributed by atoms with Crippen molar-refractivity contribution in [3.63, 3.8) is 0 Å². The molecular weight excluding hydrogens is 633 g/mol. The van der Waals surface area contributed by atoms with E-state index in [0.717, 1.165) is 78.1 Å². The van der Waals surface area contributed by atoms with Gasteiger partial charge in [0.25, 0.3) is 5.91 Å². The number of amides is 2. The summed E-state index contributed by atoms with van der Waals surface area (Å²) in [6.45, 7) is 13.1. The van der Waals surface area contributed by atoms with Gasteiger partial charge in [0.15, 0.2) is 11.5 Å². The number of hydrogen-bond donors (Lipinski definition) is 2. The van der Waals surface area contributed by atoms with Crippen molar-refractivity contribution in [2.75, 3.05) is 44.6 Å². The summed E-state index contributed by atoms with van der Waals surface area (Å²) in [6, 6.07) is 5.85. The molecule has 0 saturated carbocycles. The van der Waals surface area contributed by atoms with Crippen LogP contribution in [0.1, 0.15) is 56.5 Å². The van der Waals surface area contributed by atoms with Crippen LogP contribution < -0.4 is 10.6 Å². The number of fused-ring (bicyclic) bond motifs is 1. The summed E-state index contributed by atoms with van der Waals surface area (Å²) < 4.78 is 8.46. The highest BCUT2D eigenvalue weighted by molar-refractivity contribution is 14.1. The Hall–Kier alpha value is -2.93. The second kappa shape index (κ2) is 12.5. The van der Waals surface area contributed by atoms with Gasteiger partial charge in [-0.2, -0.15) is 0 Å². The Morgan fingerprint density at radius 1 is 1.12 bits per heavy atom. The molecule has 0 atom stereocenters. The van der Waals surface area contributed by atoms with E-state index in [4.69, 9.17) is 4.74 Å². The molecule has 41 heavy (non-hydrogen) atoms. The molecule has 2 fully saturated rings. The largest absolute Gasteiger partial charge is 0.444 e. The number of hydrogen-bond acceptors (Lipinski definition) is 7. The van der Waals surface area contributed by atoms with E-state index in [1.54, 1.807) is 11.1 Å². The molecule has 220 valence electrons. The van der Waals surface area contributed by atoms with Crippen molar-refractivity contribution in [1.82, 2.24) is 29.5 Å². The van der Waals surface area contributed by atoms with Gasteiger partial charge in [0.2, 0.25) is 0 Å². The number of ether oxygens (including phenoxy) is 1. The lowest BCUT2D eigenvalue weighted by atomic mass is 9.94. The summed E-state index contributed by atoms with van der Waals surface area (Å²) in [4.78, 5) is 38.5. The van der Waals surface area contributed by atoms with Crippen molar-refractivity contribution in [2.45, 2.75) is 52.6 Å². The molecule has 0 bridgehead atoms. The van der Waals surface area contributed by atoms with Gasteiger partial charge in [0.05, 0.1) is 6.20 Å². The van der Waals surface area contributed by atoms with E-state index in [9.17, 15) is 9.59 Å². The third-order valence-corrected chi connectivity index (χ3v) is 8.56. The molecule has 4 heterocycles. The van der Waals surface area contributed by atoms with Gasteiger partial charge in [-0.05, 0) is 105 Å². The van der Waals surface area contributed by atoms with Crippen LogP contribution >= 0.6 is 22.6 Å². The topological polar surface area (TPSA) is 104 Å². The average molecular weight is 674 g/mol. The number of anilines is 2. The lowest BCUT2D eigenvalue weighted by molar-refractivity contribution is -0.00806. The number of carbonyl (C=O) groups is 2. The van der Waals surface area contributed by atoms with Crippen LogP contribution in [0.2, 0.25) is 0 Å². The van der Waals surface area contributed by atoms with Crippen LogP contribution in [0.15, 0.2) is 36.8 Å². The number of nitrogens with one attached hydrogen (secondary N) is 2. The number of nitrogens with zero attached hydrogens (tertiary/aromatic N) is 5. The van der Waals surface area contributed by atoms with Gasteiger partial charge in [0.1, 0.15) is 9.30 Å². The second-order valence-electron chi connectivity index (χ2n) is 12.1. The van der Waals surface area contributed by atoms with Crippen molar-refractivity contribution in [1.29, 1.82) is 0 Å². The Kier molecular flexibility index (Phi) is 9.03. The highest BCUT2D eigenvalue weighted by atomic mass is 127. The Labute approximate surface area is 255 Å². The summed E-state index contributed by atoms with van der Waals surface area (Å²) in [6.07, 6.45) is 8.13. The van der Waals surface area contributed by atoms with Crippen LogP contribution in [0.3, 0.4) is 0 Å². The van der Waals surface area contributed by atoms with Crippen molar-refractivity contribution in [3.8, 4) is 0 Å². The third kappa shape index (κ3) is 7.29. The Balaban J connectivity index is 1.07. The Bertz CT molecular complexity index is 1390. The molecule has 2 aromatic heterocycles. The number of imidazole rings is 1. The van der Waals surface area contributed by atoms with E-state index in [-0.39, 0.29) is 12.0 Å². The van der Waals surface area contributed by atoms with Crippen LogP contribution in [0.25, 0.3) is 5.65 Å². The predicted octanol–water partition coefficient (Wildman–Crippen LogP) is 4.95. The molecule has 11 heteroatoms. The highest BCUT2D eigenvalue weighted by Crippen LogP contribution is 2.25. The summed E-state index contributed by atoms with van der Waals surface area (Å²) in [5.41, 5.74) is 2.90. The number of aryl methyl sites for hydroxylation is 1. The number of carbonyl (C=O) groups excluding carboxylic acids is 2. The number of likely N-dealkylation sites (tertiary alicyclic amines) is 2. The maximum Gasteiger partial charge on any atom is 0.410 e.